The van der Waals surface area contributed by atoms with E-state index in [1.54, 1.807) is 11.3 Å². The van der Waals surface area contributed by atoms with Crippen molar-refractivity contribution in [2.45, 2.75) is 38.3 Å². The van der Waals surface area contributed by atoms with Crippen LogP contribution in [0.25, 0.3) is 0 Å². The number of nitrogens with one attached hydrogen (secondary N) is 2. The minimum Gasteiger partial charge on any atom is -0.350 e. The summed E-state index contributed by atoms with van der Waals surface area (Å²) in [5.74, 6) is 0.148. The molecule has 1 fully saturated rings. The second-order valence-electron chi connectivity index (χ2n) is 5.37. The number of piperidine rings is 1. The predicted octanol–water partition coefficient (Wildman–Crippen LogP) is 1.83. The van der Waals surface area contributed by atoms with Crippen molar-refractivity contribution in [3.05, 3.63) is 22.4 Å². The van der Waals surface area contributed by atoms with Crippen LogP contribution in [0.15, 0.2) is 17.5 Å². The summed E-state index contributed by atoms with van der Waals surface area (Å²) in [5, 5.41) is 8.27. The number of carbonyl (C=O) groups is 1. The molecule has 1 aliphatic heterocycles. The topological polar surface area (TPSA) is 44.4 Å². The highest BCUT2D eigenvalue weighted by atomic mass is 32.1. The monoisotopic (exact) mass is 295 g/mol. The van der Waals surface area contributed by atoms with Gasteiger partial charge in [-0.05, 0) is 50.8 Å². The van der Waals surface area contributed by atoms with Crippen LogP contribution in [-0.4, -0.2) is 43.5 Å². The van der Waals surface area contributed by atoms with Crippen LogP contribution in [0.3, 0.4) is 0 Å². The first-order chi connectivity index (χ1) is 9.79. The second kappa shape index (κ2) is 8.39. The zero-order chi connectivity index (χ0) is 14.2. The molecule has 1 aromatic rings. The number of rotatable bonds is 7. The van der Waals surface area contributed by atoms with E-state index in [4.69, 9.17) is 0 Å². The van der Waals surface area contributed by atoms with E-state index < -0.39 is 0 Å². The van der Waals surface area contributed by atoms with Gasteiger partial charge in [0.05, 0.1) is 13.1 Å². The molecule has 1 amide bonds. The number of hydrogen-bond acceptors (Lipinski definition) is 4. The van der Waals surface area contributed by atoms with Gasteiger partial charge in [-0.1, -0.05) is 12.5 Å². The third-order valence-electron chi connectivity index (χ3n) is 3.86. The molecule has 1 unspecified atom stereocenters. The van der Waals surface area contributed by atoms with Crippen molar-refractivity contribution in [1.82, 2.24) is 15.5 Å². The van der Waals surface area contributed by atoms with Crippen molar-refractivity contribution in [2.75, 3.05) is 26.7 Å². The minimum atomic E-state index is 0.148. The Hall–Kier alpha value is -0.910. The van der Waals surface area contributed by atoms with E-state index >= 15 is 0 Å². The summed E-state index contributed by atoms with van der Waals surface area (Å²) in [5.41, 5.74) is 0. The molecule has 2 heterocycles. The van der Waals surface area contributed by atoms with Gasteiger partial charge in [-0.25, -0.2) is 0 Å². The van der Waals surface area contributed by atoms with Crippen LogP contribution in [0.2, 0.25) is 0 Å². The lowest BCUT2D eigenvalue weighted by Gasteiger charge is -2.35. The van der Waals surface area contributed by atoms with Crippen molar-refractivity contribution in [3.8, 4) is 0 Å². The first-order valence-corrected chi connectivity index (χ1v) is 8.35. The Morgan fingerprint density at radius 3 is 3.15 bits per heavy atom. The van der Waals surface area contributed by atoms with E-state index in [2.05, 4.69) is 21.6 Å². The molecule has 2 rings (SSSR count). The van der Waals surface area contributed by atoms with E-state index in [0.29, 0.717) is 19.1 Å². The SMILES string of the molecule is CNCCC1CCCCN1CC(=O)NCc1cccs1. The van der Waals surface area contributed by atoms with E-state index in [9.17, 15) is 4.79 Å². The molecule has 4 nitrogen and oxygen atoms in total. The summed E-state index contributed by atoms with van der Waals surface area (Å²) in [6.07, 6.45) is 4.87. The molecule has 112 valence electrons. The molecule has 20 heavy (non-hydrogen) atoms. The van der Waals surface area contributed by atoms with Crippen LogP contribution in [0.5, 0.6) is 0 Å². The molecule has 5 heteroatoms. The van der Waals surface area contributed by atoms with Crippen molar-refractivity contribution in [1.29, 1.82) is 0 Å². The first-order valence-electron chi connectivity index (χ1n) is 7.47. The van der Waals surface area contributed by atoms with Gasteiger partial charge in [-0.2, -0.15) is 0 Å². The molecular weight excluding hydrogens is 270 g/mol. The standard InChI is InChI=1S/C15H25N3OS/c1-16-8-7-13-5-2-3-9-18(13)12-15(19)17-11-14-6-4-10-20-14/h4,6,10,13,16H,2-3,5,7-9,11-12H2,1H3,(H,17,19). The van der Waals surface area contributed by atoms with Gasteiger partial charge in [0, 0.05) is 10.9 Å². The molecule has 2 N–H and O–H groups in total. The lowest BCUT2D eigenvalue weighted by Crippen LogP contribution is -2.46. The highest BCUT2D eigenvalue weighted by Crippen LogP contribution is 2.19. The van der Waals surface area contributed by atoms with E-state index in [1.807, 2.05) is 18.5 Å². The van der Waals surface area contributed by atoms with E-state index in [-0.39, 0.29) is 5.91 Å². The molecule has 1 atom stereocenters. The number of thiophene rings is 1. The van der Waals surface area contributed by atoms with Gasteiger partial charge in [-0.15, -0.1) is 11.3 Å². The number of carbonyl (C=O) groups excluding carboxylic acids is 1. The normalized spacial score (nSPS) is 19.9. The maximum Gasteiger partial charge on any atom is 0.234 e. The molecule has 1 saturated heterocycles. The Balaban J connectivity index is 1.75. The third kappa shape index (κ3) is 4.89. The molecule has 0 radical (unpaired) electrons. The smallest absolute Gasteiger partial charge is 0.234 e. The fourth-order valence-corrected chi connectivity index (χ4v) is 3.39. The van der Waals surface area contributed by atoms with Crippen LogP contribution >= 0.6 is 11.3 Å². The van der Waals surface area contributed by atoms with E-state index in [1.165, 1.54) is 24.1 Å². The Kier molecular flexibility index (Phi) is 6.50. The van der Waals surface area contributed by atoms with Gasteiger partial charge in [0.15, 0.2) is 0 Å². The van der Waals surface area contributed by atoms with Gasteiger partial charge < -0.3 is 10.6 Å². The Morgan fingerprint density at radius 2 is 2.40 bits per heavy atom. The summed E-state index contributed by atoms with van der Waals surface area (Å²) in [4.78, 5) is 15.6. The molecule has 0 spiro atoms. The van der Waals surface area contributed by atoms with Crippen LogP contribution in [-0.2, 0) is 11.3 Å². The van der Waals surface area contributed by atoms with Crippen molar-refractivity contribution in [2.24, 2.45) is 0 Å². The number of amides is 1. The van der Waals surface area contributed by atoms with Crippen molar-refractivity contribution >= 4 is 17.2 Å². The minimum absolute atomic E-state index is 0.148. The molecule has 1 aromatic heterocycles. The molecule has 0 aliphatic carbocycles. The quantitative estimate of drug-likeness (QED) is 0.806. The second-order valence-corrected chi connectivity index (χ2v) is 6.40. The summed E-state index contributed by atoms with van der Waals surface area (Å²) >= 11 is 1.69. The van der Waals surface area contributed by atoms with Crippen LogP contribution in [0.4, 0.5) is 0 Å². The Bertz CT molecular complexity index is 394. The highest BCUT2D eigenvalue weighted by Gasteiger charge is 2.23. The fraction of sp³-hybridized carbons (Fsp3) is 0.667. The van der Waals surface area contributed by atoms with Gasteiger partial charge >= 0.3 is 0 Å². The van der Waals surface area contributed by atoms with Crippen molar-refractivity contribution < 1.29 is 4.79 Å². The van der Waals surface area contributed by atoms with Crippen molar-refractivity contribution in [3.63, 3.8) is 0 Å². The summed E-state index contributed by atoms with van der Waals surface area (Å²) < 4.78 is 0. The average molecular weight is 295 g/mol. The molecule has 1 aliphatic rings. The Morgan fingerprint density at radius 1 is 1.50 bits per heavy atom. The number of nitrogens with zero attached hydrogens (tertiary/aromatic N) is 1. The molecule has 0 bridgehead atoms. The van der Waals surface area contributed by atoms with Crippen LogP contribution in [0, 0.1) is 0 Å². The summed E-state index contributed by atoms with van der Waals surface area (Å²) in [7, 11) is 1.99. The lowest BCUT2D eigenvalue weighted by atomic mass is 9.99. The third-order valence-corrected chi connectivity index (χ3v) is 4.74. The fourth-order valence-electron chi connectivity index (χ4n) is 2.75. The maximum absolute atomic E-state index is 12.1. The van der Waals surface area contributed by atoms with Gasteiger partial charge in [0.25, 0.3) is 0 Å². The van der Waals surface area contributed by atoms with Crippen LogP contribution < -0.4 is 10.6 Å². The van der Waals surface area contributed by atoms with Gasteiger partial charge in [-0.3, -0.25) is 9.69 Å². The predicted molar refractivity (Wildman–Crippen MR) is 83.9 cm³/mol. The highest BCUT2D eigenvalue weighted by molar-refractivity contribution is 7.09. The number of hydrogen-bond donors (Lipinski definition) is 2. The molecular formula is C15H25N3OS. The first kappa shape index (κ1) is 15.5. The summed E-state index contributed by atoms with van der Waals surface area (Å²) in [6, 6.07) is 4.63. The van der Waals surface area contributed by atoms with Gasteiger partial charge in [0.1, 0.15) is 0 Å². The largest absolute Gasteiger partial charge is 0.350 e. The average Bonchev–Trinajstić information content (AvgIpc) is 2.97. The lowest BCUT2D eigenvalue weighted by molar-refractivity contribution is -0.123. The number of likely N-dealkylation sites (tertiary alicyclic amines) is 1. The zero-order valence-electron chi connectivity index (χ0n) is 12.2. The zero-order valence-corrected chi connectivity index (χ0v) is 13.0. The molecule has 0 saturated carbocycles. The molecule has 0 aromatic carbocycles. The van der Waals surface area contributed by atoms with E-state index in [0.717, 1.165) is 19.5 Å². The summed E-state index contributed by atoms with van der Waals surface area (Å²) in [6.45, 7) is 3.28. The van der Waals surface area contributed by atoms with Gasteiger partial charge in [0.2, 0.25) is 5.91 Å². The Labute approximate surface area is 125 Å². The van der Waals surface area contributed by atoms with Crippen LogP contribution in [0.1, 0.15) is 30.6 Å². The maximum atomic E-state index is 12.1.